The number of ether oxygens (including phenoxy) is 1. The predicted molar refractivity (Wildman–Crippen MR) is 140 cm³/mol. The molecular weight excluding hydrogens is 468 g/mol. The molecule has 1 atom stereocenters. The molecule has 0 aliphatic rings. The van der Waals surface area contributed by atoms with E-state index in [1.54, 1.807) is 18.1 Å². The fraction of sp³-hybridized carbons (Fsp3) is 0.286. The molecule has 2 aromatic carbocycles. The lowest BCUT2D eigenvalue weighted by molar-refractivity contribution is 0.125. The van der Waals surface area contributed by atoms with E-state index in [1.807, 2.05) is 54.6 Å². The Morgan fingerprint density at radius 3 is 2.62 bits per heavy atom. The van der Waals surface area contributed by atoms with Gasteiger partial charge in [-0.15, -0.1) is 5.10 Å². The number of H-pyrrole nitrogens is 1. The molecule has 190 valence electrons. The van der Waals surface area contributed by atoms with Gasteiger partial charge in [-0.3, -0.25) is 9.69 Å². The van der Waals surface area contributed by atoms with Crippen molar-refractivity contribution in [2.75, 3.05) is 7.11 Å². The molecule has 0 fully saturated rings. The zero-order valence-corrected chi connectivity index (χ0v) is 21.2. The quantitative estimate of drug-likeness (QED) is 0.301. The second kappa shape index (κ2) is 10.8. The average Bonchev–Trinajstić information content (AvgIpc) is 3.57. The van der Waals surface area contributed by atoms with E-state index >= 15 is 0 Å². The summed E-state index contributed by atoms with van der Waals surface area (Å²) in [7, 11) is 1.61. The van der Waals surface area contributed by atoms with Crippen LogP contribution in [0.25, 0.3) is 10.9 Å². The van der Waals surface area contributed by atoms with Crippen LogP contribution in [-0.4, -0.2) is 37.2 Å². The number of rotatable bonds is 10. The lowest BCUT2D eigenvalue weighted by atomic mass is 9.99. The number of fused-ring (bicyclic) bond motifs is 1. The highest BCUT2D eigenvalue weighted by Gasteiger charge is 2.30. The van der Waals surface area contributed by atoms with Gasteiger partial charge < -0.3 is 14.1 Å². The third-order valence-electron chi connectivity index (χ3n) is 6.47. The maximum Gasteiger partial charge on any atom is 0.252 e. The van der Waals surface area contributed by atoms with Crippen molar-refractivity contribution in [2.45, 2.75) is 39.5 Å². The molecule has 3 heterocycles. The molecule has 5 rings (SSSR count). The number of hydrogen-bond acceptors (Lipinski definition) is 7. The zero-order valence-electron chi connectivity index (χ0n) is 21.2. The van der Waals surface area contributed by atoms with Gasteiger partial charge in [0.05, 0.1) is 24.9 Å². The molecule has 9 heteroatoms. The van der Waals surface area contributed by atoms with Crippen molar-refractivity contribution in [2.24, 2.45) is 5.92 Å². The third kappa shape index (κ3) is 5.46. The van der Waals surface area contributed by atoms with Gasteiger partial charge in [0.25, 0.3) is 5.56 Å². The van der Waals surface area contributed by atoms with E-state index in [0.29, 0.717) is 30.9 Å². The van der Waals surface area contributed by atoms with Crippen molar-refractivity contribution in [3.8, 4) is 5.75 Å². The lowest BCUT2D eigenvalue weighted by Crippen LogP contribution is -2.35. The van der Waals surface area contributed by atoms with Gasteiger partial charge >= 0.3 is 0 Å². The Balaban J connectivity index is 1.54. The van der Waals surface area contributed by atoms with E-state index in [4.69, 9.17) is 9.15 Å². The van der Waals surface area contributed by atoms with E-state index in [0.717, 1.165) is 28.1 Å². The predicted octanol–water partition coefficient (Wildman–Crippen LogP) is 4.56. The van der Waals surface area contributed by atoms with Crippen LogP contribution >= 0.6 is 0 Å². The van der Waals surface area contributed by atoms with Crippen molar-refractivity contribution >= 4 is 10.9 Å². The van der Waals surface area contributed by atoms with Gasteiger partial charge in [0.1, 0.15) is 18.1 Å². The molecule has 0 saturated carbocycles. The lowest BCUT2D eigenvalue weighted by Gasteiger charge is -2.33. The minimum absolute atomic E-state index is 0.128. The first-order chi connectivity index (χ1) is 18.0. The molecule has 9 nitrogen and oxygen atoms in total. The van der Waals surface area contributed by atoms with Crippen molar-refractivity contribution < 1.29 is 9.15 Å². The van der Waals surface area contributed by atoms with E-state index in [-0.39, 0.29) is 17.5 Å². The van der Waals surface area contributed by atoms with Gasteiger partial charge in [0.15, 0.2) is 5.82 Å². The molecule has 0 aliphatic heterocycles. The van der Waals surface area contributed by atoms with Crippen molar-refractivity contribution in [1.82, 2.24) is 30.1 Å². The van der Waals surface area contributed by atoms with Gasteiger partial charge in [-0.25, -0.2) is 4.68 Å². The molecule has 0 saturated heterocycles. The molecule has 0 bridgehead atoms. The topological polar surface area (TPSA) is 102 Å². The van der Waals surface area contributed by atoms with E-state index in [9.17, 15) is 4.79 Å². The summed E-state index contributed by atoms with van der Waals surface area (Å²) in [6.07, 6.45) is 1.64. The molecular formula is C28H30N6O3. The summed E-state index contributed by atoms with van der Waals surface area (Å²) in [6.45, 7) is 5.76. The highest BCUT2D eigenvalue weighted by Crippen LogP contribution is 2.30. The molecule has 0 amide bonds. The number of hydrogen-bond donors (Lipinski definition) is 1. The third-order valence-corrected chi connectivity index (χ3v) is 6.47. The molecule has 3 aromatic heterocycles. The molecule has 5 aromatic rings. The Bertz CT molecular complexity index is 1510. The summed E-state index contributed by atoms with van der Waals surface area (Å²) in [5.74, 6) is 2.36. The zero-order chi connectivity index (χ0) is 25.8. The number of nitrogens with one attached hydrogen (secondary N) is 1. The molecule has 0 radical (unpaired) electrons. The summed E-state index contributed by atoms with van der Waals surface area (Å²) >= 11 is 0. The first-order valence-corrected chi connectivity index (χ1v) is 12.3. The van der Waals surface area contributed by atoms with Crippen LogP contribution in [0.2, 0.25) is 0 Å². The first-order valence-electron chi connectivity index (χ1n) is 12.3. The Kier molecular flexibility index (Phi) is 7.14. The molecule has 37 heavy (non-hydrogen) atoms. The summed E-state index contributed by atoms with van der Waals surface area (Å²) in [5, 5.41) is 13.6. The second-order valence-electron chi connectivity index (χ2n) is 9.43. The van der Waals surface area contributed by atoms with Gasteiger partial charge in [0, 0.05) is 24.7 Å². The maximum absolute atomic E-state index is 13.2. The first kappa shape index (κ1) is 24.5. The smallest absolute Gasteiger partial charge is 0.252 e. The van der Waals surface area contributed by atoms with E-state index in [1.165, 1.54) is 0 Å². The minimum Gasteiger partial charge on any atom is -0.497 e. The van der Waals surface area contributed by atoms with Crippen LogP contribution in [-0.2, 0) is 19.6 Å². The SMILES string of the molecule is COc1ccc2cc(CN(Cc3ccccc3)C(c3nnnn3Cc3ccco3)C(C)C)c(=O)[nH]c2c1. The monoisotopic (exact) mass is 498 g/mol. The van der Waals surface area contributed by atoms with Crippen LogP contribution in [0.15, 0.2) is 82.2 Å². The number of furan rings is 1. The number of nitrogens with zero attached hydrogens (tertiary/aromatic N) is 5. The van der Waals surface area contributed by atoms with Crippen molar-refractivity contribution in [1.29, 1.82) is 0 Å². The van der Waals surface area contributed by atoms with Crippen LogP contribution < -0.4 is 10.3 Å². The largest absolute Gasteiger partial charge is 0.497 e. The van der Waals surface area contributed by atoms with Gasteiger partial charge in [-0.05, 0) is 57.6 Å². The number of pyridine rings is 1. The highest BCUT2D eigenvalue weighted by atomic mass is 16.5. The molecule has 0 spiro atoms. The van der Waals surface area contributed by atoms with Crippen LogP contribution in [0.3, 0.4) is 0 Å². The summed E-state index contributed by atoms with van der Waals surface area (Å²) in [5.41, 5.74) is 2.42. The Morgan fingerprint density at radius 2 is 1.89 bits per heavy atom. The standard InChI is InChI=1S/C28H30N6O3/c1-19(2)26(27-30-31-32-34(27)18-24-10-7-13-37-24)33(16-20-8-5-4-6-9-20)17-22-14-21-11-12-23(36-3)15-25(21)29-28(22)35/h4-15,19,26H,16-18H2,1-3H3,(H,29,35). The fourth-order valence-corrected chi connectivity index (χ4v) is 4.73. The van der Waals surface area contributed by atoms with Crippen LogP contribution in [0.5, 0.6) is 5.75 Å². The average molecular weight is 499 g/mol. The van der Waals surface area contributed by atoms with Gasteiger partial charge in [-0.2, -0.15) is 0 Å². The van der Waals surface area contributed by atoms with Crippen LogP contribution in [0.4, 0.5) is 0 Å². The Hall–Kier alpha value is -4.24. The van der Waals surface area contributed by atoms with Crippen LogP contribution in [0, 0.1) is 5.92 Å². The van der Waals surface area contributed by atoms with Crippen molar-refractivity contribution in [3.63, 3.8) is 0 Å². The minimum atomic E-state index is -0.156. The number of benzene rings is 2. The maximum atomic E-state index is 13.2. The van der Waals surface area contributed by atoms with E-state index in [2.05, 4.69) is 51.4 Å². The molecule has 1 unspecified atom stereocenters. The summed E-state index contributed by atoms with van der Waals surface area (Å²) in [6, 6.07) is 21.5. The number of tetrazole rings is 1. The van der Waals surface area contributed by atoms with E-state index < -0.39 is 0 Å². The summed E-state index contributed by atoms with van der Waals surface area (Å²) < 4.78 is 12.6. The van der Waals surface area contributed by atoms with Gasteiger partial charge in [-0.1, -0.05) is 44.2 Å². The van der Waals surface area contributed by atoms with Crippen molar-refractivity contribution in [3.05, 3.63) is 106 Å². The number of methoxy groups -OCH3 is 1. The Morgan fingerprint density at radius 1 is 1.05 bits per heavy atom. The van der Waals surface area contributed by atoms with Crippen LogP contribution in [0.1, 0.15) is 42.6 Å². The Labute approximate surface area is 214 Å². The molecule has 0 aliphatic carbocycles. The normalized spacial score (nSPS) is 12.5. The second-order valence-corrected chi connectivity index (χ2v) is 9.43. The number of aromatic nitrogens is 5. The highest BCUT2D eigenvalue weighted by molar-refractivity contribution is 5.80. The molecule has 1 N–H and O–H groups in total. The van der Waals surface area contributed by atoms with Gasteiger partial charge in [0.2, 0.25) is 0 Å². The number of aromatic amines is 1. The summed E-state index contributed by atoms with van der Waals surface area (Å²) in [4.78, 5) is 18.5. The fourth-order valence-electron chi connectivity index (χ4n) is 4.73.